The number of alkyl halides is 1. The number of carbonyl (C=O) groups excluding carboxylic acids is 1. The Balaban J connectivity index is 1.46. The third-order valence-electron chi connectivity index (χ3n) is 6.75. The van der Waals surface area contributed by atoms with Gasteiger partial charge in [0.25, 0.3) is 0 Å². The van der Waals surface area contributed by atoms with Crippen LogP contribution in [-0.4, -0.2) is 48.1 Å². The molecule has 0 bridgehead atoms. The number of halogens is 2. The van der Waals surface area contributed by atoms with Crippen LogP contribution in [0.2, 0.25) is 0 Å². The van der Waals surface area contributed by atoms with Gasteiger partial charge in [-0.05, 0) is 85.0 Å². The fourth-order valence-corrected chi connectivity index (χ4v) is 6.00. The number of hydrogen-bond acceptors (Lipinski definition) is 5. The summed E-state index contributed by atoms with van der Waals surface area (Å²) in [6.45, 7) is 5.52. The summed E-state index contributed by atoms with van der Waals surface area (Å²) in [5, 5.41) is 10.1. The third kappa shape index (κ3) is 5.62. The van der Waals surface area contributed by atoms with E-state index < -0.39 is 11.8 Å². The smallest absolute Gasteiger partial charge is 0.335 e. The van der Waals surface area contributed by atoms with E-state index in [-0.39, 0.29) is 18.0 Å². The Morgan fingerprint density at radius 2 is 1.74 bits per heavy atom. The molecule has 0 unspecified atom stereocenters. The van der Waals surface area contributed by atoms with Gasteiger partial charge in [-0.25, -0.2) is 9.18 Å². The summed E-state index contributed by atoms with van der Waals surface area (Å²) >= 11 is 1.16. The van der Waals surface area contributed by atoms with Crippen molar-refractivity contribution in [3.63, 3.8) is 0 Å². The summed E-state index contributed by atoms with van der Waals surface area (Å²) in [5.41, 5.74) is 3.83. The molecular formula is C31H27F2NO4S. The molecule has 0 radical (unpaired) electrons. The standard InChI is InChI=1S/C31H27F2NO4S/c1-18-12-23(33)13-19(2)27(18)28(35)30-29(25-9-6-22(31(36)37)15-26(25)39-30)38-24-7-4-20(5-8-24)14-21-16-34(17-21)11-3-10-32/h4-9,12-15H,3,10-11,16-17H2,1-2H3,(H,36,37). The molecule has 5 rings (SSSR count). The van der Waals surface area contributed by atoms with E-state index in [2.05, 4.69) is 11.0 Å². The Hall–Kier alpha value is -3.88. The number of hydrogen-bond donors (Lipinski definition) is 1. The van der Waals surface area contributed by atoms with Gasteiger partial charge in [-0.2, -0.15) is 0 Å². The van der Waals surface area contributed by atoms with Crippen LogP contribution >= 0.6 is 11.3 Å². The number of benzene rings is 3. The largest absolute Gasteiger partial charge is 0.478 e. The molecule has 4 aromatic rings. The highest BCUT2D eigenvalue weighted by Gasteiger charge is 2.25. The topological polar surface area (TPSA) is 66.8 Å². The molecule has 8 heteroatoms. The van der Waals surface area contributed by atoms with Gasteiger partial charge in [-0.3, -0.25) is 14.1 Å². The van der Waals surface area contributed by atoms with E-state index in [1.54, 1.807) is 19.9 Å². The molecule has 1 aliphatic heterocycles. The van der Waals surface area contributed by atoms with E-state index in [9.17, 15) is 23.5 Å². The van der Waals surface area contributed by atoms with E-state index >= 15 is 0 Å². The van der Waals surface area contributed by atoms with Crippen molar-refractivity contribution in [2.75, 3.05) is 26.3 Å². The zero-order valence-corrected chi connectivity index (χ0v) is 22.4. The highest BCUT2D eigenvalue weighted by atomic mass is 32.1. The Bertz CT molecular complexity index is 1580. The quantitative estimate of drug-likeness (QED) is 0.221. The number of thiophene rings is 1. The normalized spacial score (nSPS) is 13.4. The van der Waals surface area contributed by atoms with Gasteiger partial charge in [0, 0.05) is 35.3 Å². The number of carbonyl (C=O) groups is 2. The van der Waals surface area contributed by atoms with Crippen molar-refractivity contribution in [3.8, 4) is 11.5 Å². The molecule has 5 nitrogen and oxygen atoms in total. The molecule has 0 spiro atoms. The minimum Gasteiger partial charge on any atom is -0.478 e. The molecule has 39 heavy (non-hydrogen) atoms. The first kappa shape index (κ1) is 26.7. The summed E-state index contributed by atoms with van der Waals surface area (Å²) in [5.74, 6) is -0.910. The highest BCUT2D eigenvalue weighted by molar-refractivity contribution is 7.21. The molecule has 0 atom stereocenters. The maximum atomic E-state index is 13.9. The number of carboxylic acid groups (broad SMARTS) is 1. The minimum atomic E-state index is -1.06. The molecule has 2 heterocycles. The summed E-state index contributed by atoms with van der Waals surface area (Å²) in [6.07, 6.45) is 2.66. The van der Waals surface area contributed by atoms with E-state index in [0.717, 1.165) is 36.5 Å². The Labute approximate surface area is 229 Å². The molecule has 0 amide bonds. The molecular weight excluding hydrogens is 520 g/mol. The van der Waals surface area contributed by atoms with Crippen LogP contribution in [0.5, 0.6) is 11.5 Å². The van der Waals surface area contributed by atoms with Gasteiger partial charge >= 0.3 is 5.97 Å². The second-order valence-corrected chi connectivity index (χ2v) is 10.8. The summed E-state index contributed by atoms with van der Waals surface area (Å²) < 4.78 is 33.2. The fraction of sp³-hybridized carbons (Fsp3) is 0.226. The first-order chi connectivity index (χ1) is 18.7. The molecule has 0 saturated carbocycles. The van der Waals surface area contributed by atoms with Gasteiger partial charge in [-0.15, -0.1) is 11.3 Å². The zero-order chi connectivity index (χ0) is 27.7. The fourth-order valence-electron chi connectivity index (χ4n) is 4.89. The van der Waals surface area contributed by atoms with Crippen molar-refractivity contribution in [1.29, 1.82) is 0 Å². The average Bonchev–Trinajstić information content (AvgIpc) is 3.23. The van der Waals surface area contributed by atoms with Gasteiger partial charge in [0.15, 0.2) is 5.75 Å². The first-order valence-corrected chi connectivity index (χ1v) is 13.4. The molecule has 1 N–H and O–H groups in total. The lowest BCUT2D eigenvalue weighted by atomic mass is 9.97. The summed E-state index contributed by atoms with van der Waals surface area (Å²) in [4.78, 5) is 27.8. The number of aryl methyl sites for hydroxylation is 2. The molecule has 0 aliphatic carbocycles. The van der Waals surface area contributed by atoms with Crippen LogP contribution in [0, 0.1) is 19.7 Å². The lowest BCUT2D eigenvalue weighted by Gasteiger charge is -2.33. The second-order valence-electron chi connectivity index (χ2n) is 9.75. The zero-order valence-electron chi connectivity index (χ0n) is 21.6. The van der Waals surface area contributed by atoms with Gasteiger partial charge < -0.3 is 9.84 Å². The molecule has 200 valence electrons. The van der Waals surface area contributed by atoms with Gasteiger partial charge in [0.2, 0.25) is 5.78 Å². The minimum absolute atomic E-state index is 0.111. The summed E-state index contributed by atoms with van der Waals surface area (Å²) in [6, 6.07) is 14.8. The average molecular weight is 548 g/mol. The number of ether oxygens (including phenoxy) is 1. The van der Waals surface area contributed by atoms with Crippen LogP contribution in [-0.2, 0) is 0 Å². The summed E-state index contributed by atoms with van der Waals surface area (Å²) in [7, 11) is 0. The highest BCUT2D eigenvalue weighted by Crippen LogP contribution is 2.42. The molecule has 1 aliphatic rings. The van der Waals surface area contributed by atoms with Crippen molar-refractivity contribution in [2.45, 2.75) is 20.3 Å². The van der Waals surface area contributed by atoms with Crippen molar-refractivity contribution in [2.24, 2.45) is 0 Å². The van der Waals surface area contributed by atoms with Crippen molar-refractivity contribution in [1.82, 2.24) is 4.90 Å². The Morgan fingerprint density at radius 3 is 2.38 bits per heavy atom. The van der Waals surface area contributed by atoms with Crippen LogP contribution in [0.4, 0.5) is 8.78 Å². The maximum Gasteiger partial charge on any atom is 0.335 e. The SMILES string of the molecule is Cc1cc(F)cc(C)c1C(=O)c1sc2cc(C(=O)O)ccc2c1Oc1ccc(C=C2CN(CCCF)C2)cc1. The molecule has 1 aromatic heterocycles. The number of ketones is 1. The van der Waals surface area contributed by atoms with Crippen LogP contribution < -0.4 is 4.74 Å². The van der Waals surface area contributed by atoms with Crippen LogP contribution in [0.1, 0.15) is 48.7 Å². The van der Waals surface area contributed by atoms with Crippen molar-refractivity contribution < 1.29 is 28.2 Å². The number of aromatic carboxylic acids is 1. The number of rotatable bonds is 9. The lowest BCUT2D eigenvalue weighted by molar-refractivity contribution is 0.0697. The predicted octanol–water partition coefficient (Wildman–Crippen LogP) is 7.44. The van der Waals surface area contributed by atoms with Gasteiger partial charge in [-0.1, -0.05) is 18.2 Å². The van der Waals surface area contributed by atoms with E-state index in [4.69, 9.17) is 4.74 Å². The molecule has 1 fully saturated rings. The van der Waals surface area contributed by atoms with Gasteiger partial charge in [0.05, 0.1) is 12.2 Å². The molecule has 3 aromatic carbocycles. The predicted molar refractivity (Wildman–Crippen MR) is 150 cm³/mol. The van der Waals surface area contributed by atoms with E-state index in [1.807, 2.05) is 24.3 Å². The Morgan fingerprint density at radius 1 is 1.05 bits per heavy atom. The first-order valence-electron chi connectivity index (χ1n) is 12.6. The maximum absolute atomic E-state index is 13.9. The monoisotopic (exact) mass is 547 g/mol. The number of carboxylic acids is 1. The molecule has 1 saturated heterocycles. The van der Waals surface area contributed by atoms with Crippen LogP contribution in [0.3, 0.4) is 0 Å². The van der Waals surface area contributed by atoms with Crippen LogP contribution in [0.15, 0.2) is 60.2 Å². The van der Waals surface area contributed by atoms with E-state index in [1.165, 1.54) is 29.8 Å². The van der Waals surface area contributed by atoms with Crippen LogP contribution in [0.25, 0.3) is 16.2 Å². The number of nitrogens with zero attached hydrogens (tertiary/aromatic N) is 1. The van der Waals surface area contributed by atoms with E-state index in [0.29, 0.717) is 49.6 Å². The number of likely N-dealkylation sites (tertiary alicyclic amines) is 1. The van der Waals surface area contributed by atoms with Gasteiger partial charge in [0.1, 0.15) is 16.4 Å². The van der Waals surface area contributed by atoms with Crippen molar-refractivity contribution >= 4 is 39.3 Å². The second kappa shape index (κ2) is 11.1. The van der Waals surface area contributed by atoms with Crippen molar-refractivity contribution in [3.05, 3.63) is 98.7 Å². The number of fused-ring (bicyclic) bond motifs is 1. The Kier molecular flexibility index (Phi) is 7.59. The third-order valence-corrected chi connectivity index (χ3v) is 7.89. The lowest BCUT2D eigenvalue weighted by Crippen LogP contribution is -2.40.